The van der Waals surface area contributed by atoms with Crippen molar-refractivity contribution in [3.8, 4) is 0 Å². The molecule has 0 bridgehead atoms. The Morgan fingerprint density at radius 3 is 3.00 bits per heavy atom. The normalized spacial score (nSPS) is 19.8. The smallest absolute Gasteiger partial charge is 0.136 e. The van der Waals surface area contributed by atoms with Crippen LogP contribution in [-0.2, 0) is 16.1 Å². The van der Waals surface area contributed by atoms with Crippen LogP contribution in [0.15, 0.2) is 24.3 Å². The first kappa shape index (κ1) is 12.6. The molecule has 0 radical (unpaired) electrons. The number of Topliss-reactive ketones (excluding diaryl/α,β-unsaturated/α-hetero) is 1. The van der Waals surface area contributed by atoms with Gasteiger partial charge in [0, 0.05) is 24.0 Å². The Bertz CT molecular complexity index is 390. The van der Waals surface area contributed by atoms with Gasteiger partial charge in [-0.25, -0.2) is 0 Å². The molecule has 1 aliphatic carbocycles. The summed E-state index contributed by atoms with van der Waals surface area (Å²) >= 11 is 5.88. The van der Waals surface area contributed by atoms with Gasteiger partial charge in [0.05, 0.1) is 6.61 Å². The zero-order valence-electron chi connectivity index (χ0n) is 9.82. The Balaban J connectivity index is 1.68. The number of carbonyl (C=O) groups excluding carboxylic acids is 1. The summed E-state index contributed by atoms with van der Waals surface area (Å²) in [6.07, 6.45) is 3.72. The Morgan fingerprint density at radius 2 is 2.29 bits per heavy atom. The van der Waals surface area contributed by atoms with Crippen LogP contribution >= 0.6 is 11.6 Å². The number of benzene rings is 1. The Hall–Kier alpha value is -0.860. The van der Waals surface area contributed by atoms with Crippen molar-refractivity contribution < 1.29 is 9.53 Å². The maximum absolute atomic E-state index is 11.4. The minimum atomic E-state index is 0.245. The molecule has 2 nitrogen and oxygen atoms in total. The molecule has 3 heteroatoms. The van der Waals surface area contributed by atoms with Crippen LogP contribution in [0, 0.1) is 5.92 Å². The summed E-state index contributed by atoms with van der Waals surface area (Å²) in [5.74, 6) is 0.658. The lowest BCUT2D eigenvalue weighted by molar-refractivity contribution is -0.121. The van der Waals surface area contributed by atoms with Gasteiger partial charge in [0.25, 0.3) is 0 Å². The third-order valence-corrected chi connectivity index (χ3v) is 3.43. The lowest BCUT2D eigenvalue weighted by Crippen LogP contribution is -2.09. The highest BCUT2D eigenvalue weighted by Crippen LogP contribution is 2.24. The maximum Gasteiger partial charge on any atom is 0.136 e. The van der Waals surface area contributed by atoms with Crippen molar-refractivity contribution in [1.82, 2.24) is 0 Å². The van der Waals surface area contributed by atoms with Crippen LogP contribution in [0.1, 0.15) is 31.2 Å². The second-order valence-corrected chi connectivity index (χ2v) is 4.96. The van der Waals surface area contributed by atoms with Crippen molar-refractivity contribution >= 4 is 17.4 Å². The fourth-order valence-corrected chi connectivity index (χ4v) is 2.45. The third-order valence-electron chi connectivity index (χ3n) is 3.20. The van der Waals surface area contributed by atoms with E-state index < -0.39 is 0 Å². The quantitative estimate of drug-likeness (QED) is 0.749. The molecule has 1 unspecified atom stereocenters. The van der Waals surface area contributed by atoms with E-state index >= 15 is 0 Å². The zero-order chi connectivity index (χ0) is 12.1. The molecule has 2 rings (SSSR count). The molecule has 1 saturated carbocycles. The topological polar surface area (TPSA) is 26.3 Å². The van der Waals surface area contributed by atoms with Gasteiger partial charge in [-0.05, 0) is 37.0 Å². The maximum atomic E-state index is 11.4. The van der Waals surface area contributed by atoms with Crippen LogP contribution < -0.4 is 0 Å². The molecular weight excluding hydrogens is 236 g/mol. The minimum absolute atomic E-state index is 0.245. The number of ether oxygens (including phenoxy) is 1. The zero-order valence-corrected chi connectivity index (χ0v) is 10.6. The minimum Gasteiger partial charge on any atom is -0.377 e. The third kappa shape index (κ3) is 3.83. The van der Waals surface area contributed by atoms with Crippen molar-refractivity contribution in [1.29, 1.82) is 0 Å². The van der Waals surface area contributed by atoms with E-state index in [4.69, 9.17) is 16.3 Å². The second kappa shape index (κ2) is 6.18. The van der Waals surface area contributed by atoms with Crippen molar-refractivity contribution in [2.45, 2.75) is 32.3 Å². The predicted octanol–water partition coefficient (Wildman–Crippen LogP) is 3.62. The van der Waals surface area contributed by atoms with Gasteiger partial charge in [0.2, 0.25) is 0 Å². The summed E-state index contributed by atoms with van der Waals surface area (Å²) in [4.78, 5) is 11.4. The lowest BCUT2D eigenvalue weighted by Gasteiger charge is -2.08. The Morgan fingerprint density at radius 1 is 1.41 bits per heavy atom. The van der Waals surface area contributed by atoms with E-state index in [2.05, 4.69) is 0 Å². The summed E-state index contributed by atoms with van der Waals surface area (Å²) in [6, 6.07) is 7.67. The lowest BCUT2D eigenvalue weighted by atomic mass is 10.0. The van der Waals surface area contributed by atoms with Crippen molar-refractivity contribution in [2.75, 3.05) is 6.61 Å². The summed E-state index contributed by atoms with van der Waals surface area (Å²) in [5.41, 5.74) is 1.08. The Kier molecular flexibility index (Phi) is 4.57. The number of hydrogen-bond acceptors (Lipinski definition) is 2. The Labute approximate surface area is 107 Å². The summed E-state index contributed by atoms with van der Waals surface area (Å²) < 4.78 is 5.57. The highest BCUT2D eigenvalue weighted by molar-refractivity contribution is 6.30. The molecule has 92 valence electrons. The fourth-order valence-electron chi connectivity index (χ4n) is 2.24. The van der Waals surface area contributed by atoms with Crippen LogP contribution in [-0.4, -0.2) is 12.4 Å². The number of hydrogen-bond donors (Lipinski definition) is 0. The molecule has 0 heterocycles. The van der Waals surface area contributed by atoms with Gasteiger partial charge in [-0.15, -0.1) is 0 Å². The van der Waals surface area contributed by atoms with Gasteiger partial charge in [0.1, 0.15) is 5.78 Å². The molecule has 17 heavy (non-hydrogen) atoms. The largest absolute Gasteiger partial charge is 0.377 e. The van der Waals surface area contributed by atoms with Crippen LogP contribution in [0.5, 0.6) is 0 Å². The summed E-state index contributed by atoms with van der Waals surface area (Å²) in [6.45, 7) is 1.23. The molecule has 0 saturated heterocycles. The first-order valence-corrected chi connectivity index (χ1v) is 6.48. The van der Waals surface area contributed by atoms with E-state index in [1.165, 1.54) is 0 Å². The molecule has 0 spiro atoms. The summed E-state index contributed by atoms with van der Waals surface area (Å²) in [5, 5.41) is 0.733. The molecule has 0 N–H and O–H groups in total. The highest BCUT2D eigenvalue weighted by Gasteiger charge is 2.23. The molecular formula is C14H17ClO2. The van der Waals surface area contributed by atoms with Crippen LogP contribution in [0.3, 0.4) is 0 Å². The molecule has 1 fully saturated rings. The molecule has 0 aliphatic heterocycles. The summed E-state index contributed by atoms with van der Waals surface area (Å²) in [7, 11) is 0. The van der Waals surface area contributed by atoms with Crippen LogP contribution in [0.25, 0.3) is 0 Å². The van der Waals surface area contributed by atoms with Gasteiger partial charge in [-0.3, -0.25) is 4.79 Å². The number of carbonyl (C=O) groups is 1. The SMILES string of the molecule is O=C1CCCC1CCOCc1cccc(Cl)c1. The van der Waals surface area contributed by atoms with Crippen LogP contribution in [0.4, 0.5) is 0 Å². The average molecular weight is 253 g/mol. The number of ketones is 1. The van der Waals surface area contributed by atoms with E-state index in [-0.39, 0.29) is 5.92 Å². The van der Waals surface area contributed by atoms with Gasteiger partial charge in [-0.2, -0.15) is 0 Å². The monoisotopic (exact) mass is 252 g/mol. The number of rotatable bonds is 5. The first-order valence-electron chi connectivity index (χ1n) is 6.10. The van der Waals surface area contributed by atoms with Gasteiger partial charge < -0.3 is 4.74 Å². The molecule has 0 aromatic heterocycles. The fraction of sp³-hybridized carbons (Fsp3) is 0.500. The van der Waals surface area contributed by atoms with Crippen LogP contribution in [0.2, 0.25) is 5.02 Å². The standard InChI is InChI=1S/C14H17ClO2/c15-13-5-1-3-11(9-13)10-17-8-7-12-4-2-6-14(12)16/h1,3,5,9,12H,2,4,6-8,10H2. The van der Waals surface area contributed by atoms with Crippen molar-refractivity contribution in [3.05, 3.63) is 34.9 Å². The van der Waals surface area contributed by atoms with Crippen molar-refractivity contribution in [3.63, 3.8) is 0 Å². The van der Waals surface area contributed by atoms with Gasteiger partial charge in [0.15, 0.2) is 0 Å². The second-order valence-electron chi connectivity index (χ2n) is 4.53. The predicted molar refractivity (Wildman–Crippen MR) is 68.1 cm³/mol. The van der Waals surface area contributed by atoms with Gasteiger partial charge >= 0.3 is 0 Å². The molecule has 1 aromatic carbocycles. The molecule has 1 aromatic rings. The van der Waals surface area contributed by atoms with E-state index in [0.29, 0.717) is 19.0 Å². The first-order chi connectivity index (χ1) is 8.25. The molecule has 1 aliphatic rings. The molecule has 1 atom stereocenters. The average Bonchev–Trinajstić information content (AvgIpc) is 2.71. The van der Waals surface area contributed by atoms with Gasteiger partial charge in [-0.1, -0.05) is 23.7 Å². The van der Waals surface area contributed by atoms with E-state index in [9.17, 15) is 4.79 Å². The molecule has 0 amide bonds. The number of halogens is 1. The van der Waals surface area contributed by atoms with E-state index in [1.54, 1.807) is 0 Å². The van der Waals surface area contributed by atoms with E-state index in [1.807, 2.05) is 24.3 Å². The van der Waals surface area contributed by atoms with Crippen molar-refractivity contribution in [2.24, 2.45) is 5.92 Å². The van der Waals surface area contributed by atoms with E-state index in [0.717, 1.165) is 36.3 Å². The highest BCUT2D eigenvalue weighted by atomic mass is 35.5.